The zero-order valence-electron chi connectivity index (χ0n) is 17.5. The van der Waals surface area contributed by atoms with Gasteiger partial charge in [-0.05, 0) is 62.4 Å². The highest BCUT2D eigenvalue weighted by Crippen LogP contribution is 2.27. The Morgan fingerprint density at radius 2 is 1.78 bits per heavy atom. The molecule has 3 rings (SSSR count). The number of hydrogen-bond donors (Lipinski definition) is 3. The Kier molecular flexibility index (Phi) is 7.27. The highest BCUT2D eigenvalue weighted by atomic mass is 35.5. The number of sulfonamides is 1. The first kappa shape index (κ1) is 23.4. The maximum Gasteiger partial charge on any atom is 0.263 e. The molecule has 0 saturated carbocycles. The number of aromatic hydroxyl groups is 1. The molecule has 3 aromatic rings. The molecule has 0 aliphatic carbocycles. The number of para-hydroxylation sites is 1. The first-order chi connectivity index (χ1) is 15.2. The molecule has 3 N–H and O–H groups in total. The Balaban J connectivity index is 1.81. The minimum Gasteiger partial charge on any atom is -0.508 e. The lowest BCUT2D eigenvalue weighted by atomic mass is 10.1. The summed E-state index contributed by atoms with van der Waals surface area (Å²) in [4.78, 5) is 12.5. The SMILES string of the molecule is CCOc1ccc(NS(=O)(=O)c2cc(C(=O)N[C@@H](C)c3ccccc3O)ccc2Cl)cc1. The summed E-state index contributed by atoms with van der Waals surface area (Å²) in [7, 11) is -4.06. The Labute approximate surface area is 192 Å². The summed E-state index contributed by atoms with van der Waals surface area (Å²) in [6.45, 7) is 4.07. The molecule has 9 heteroatoms. The van der Waals surface area contributed by atoms with E-state index in [4.69, 9.17) is 16.3 Å². The van der Waals surface area contributed by atoms with Crippen LogP contribution in [0.1, 0.15) is 35.8 Å². The third kappa shape index (κ3) is 5.52. The second-order valence-electron chi connectivity index (χ2n) is 6.96. The Morgan fingerprint density at radius 3 is 2.44 bits per heavy atom. The summed E-state index contributed by atoms with van der Waals surface area (Å²) in [5, 5.41) is 12.7. The number of carbonyl (C=O) groups is 1. The van der Waals surface area contributed by atoms with Gasteiger partial charge in [-0.15, -0.1) is 0 Å². The molecule has 1 amide bonds. The summed E-state index contributed by atoms with van der Waals surface area (Å²) in [6, 6.07) is 16.6. The highest BCUT2D eigenvalue weighted by molar-refractivity contribution is 7.92. The van der Waals surface area contributed by atoms with E-state index in [9.17, 15) is 18.3 Å². The van der Waals surface area contributed by atoms with Crippen LogP contribution in [0.5, 0.6) is 11.5 Å². The number of ether oxygens (including phenoxy) is 1. The fourth-order valence-electron chi connectivity index (χ4n) is 3.06. The Bertz CT molecular complexity index is 1210. The van der Waals surface area contributed by atoms with Crippen LogP contribution in [0.15, 0.2) is 71.6 Å². The first-order valence-corrected chi connectivity index (χ1v) is 11.7. The van der Waals surface area contributed by atoms with E-state index in [-0.39, 0.29) is 21.2 Å². The fourth-order valence-corrected chi connectivity index (χ4v) is 4.64. The molecule has 1 atom stereocenters. The van der Waals surface area contributed by atoms with Crippen molar-refractivity contribution in [3.05, 3.63) is 82.9 Å². The number of hydrogen-bond acceptors (Lipinski definition) is 5. The molecule has 32 heavy (non-hydrogen) atoms. The van der Waals surface area contributed by atoms with Crippen molar-refractivity contribution in [2.75, 3.05) is 11.3 Å². The van der Waals surface area contributed by atoms with Gasteiger partial charge in [-0.25, -0.2) is 8.42 Å². The smallest absolute Gasteiger partial charge is 0.263 e. The van der Waals surface area contributed by atoms with Crippen LogP contribution in [0.3, 0.4) is 0 Å². The van der Waals surface area contributed by atoms with Gasteiger partial charge in [0.2, 0.25) is 0 Å². The molecule has 0 unspecified atom stereocenters. The molecule has 0 heterocycles. The number of nitrogens with one attached hydrogen (secondary N) is 2. The van der Waals surface area contributed by atoms with Crippen LogP contribution in [0.4, 0.5) is 5.69 Å². The van der Waals surface area contributed by atoms with Crippen molar-refractivity contribution < 1.29 is 23.1 Å². The minimum atomic E-state index is -4.06. The Morgan fingerprint density at radius 1 is 1.09 bits per heavy atom. The van der Waals surface area contributed by atoms with Gasteiger partial charge in [0.15, 0.2) is 0 Å². The highest BCUT2D eigenvalue weighted by Gasteiger charge is 2.22. The van der Waals surface area contributed by atoms with Crippen molar-refractivity contribution in [1.82, 2.24) is 5.32 Å². The van der Waals surface area contributed by atoms with Crippen molar-refractivity contribution >= 4 is 33.2 Å². The fraction of sp³-hybridized carbons (Fsp3) is 0.174. The molecular formula is C23H23ClN2O5S. The molecule has 0 fully saturated rings. The quantitative estimate of drug-likeness (QED) is 0.437. The lowest BCUT2D eigenvalue weighted by Crippen LogP contribution is -2.27. The van der Waals surface area contributed by atoms with Crippen molar-refractivity contribution in [1.29, 1.82) is 0 Å². The van der Waals surface area contributed by atoms with Gasteiger partial charge in [0.25, 0.3) is 15.9 Å². The van der Waals surface area contributed by atoms with Gasteiger partial charge in [-0.2, -0.15) is 0 Å². The van der Waals surface area contributed by atoms with E-state index < -0.39 is 22.0 Å². The predicted octanol–water partition coefficient (Wildman–Crippen LogP) is 4.74. The monoisotopic (exact) mass is 474 g/mol. The summed E-state index contributed by atoms with van der Waals surface area (Å²) in [5.74, 6) is 0.167. The van der Waals surface area contributed by atoms with Crippen LogP contribution in [0.25, 0.3) is 0 Å². The number of carbonyl (C=O) groups excluding carboxylic acids is 1. The summed E-state index contributed by atoms with van der Waals surface area (Å²) in [5.41, 5.74) is 0.983. The second kappa shape index (κ2) is 9.93. The van der Waals surface area contributed by atoms with E-state index in [2.05, 4.69) is 10.0 Å². The van der Waals surface area contributed by atoms with E-state index in [0.717, 1.165) is 0 Å². The molecule has 0 spiro atoms. The third-order valence-corrected chi connectivity index (χ3v) is 6.51. The van der Waals surface area contributed by atoms with Crippen LogP contribution in [0.2, 0.25) is 5.02 Å². The molecule has 3 aromatic carbocycles. The lowest BCUT2D eigenvalue weighted by molar-refractivity contribution is 0.0939. The summed E-state index contributed by atoms with van der Waals surface area (Å²) < 4.78 is 33.6. The molecular weight excluding hydrogens is 452 g/mol. The van der Waals surface area contributed by atoms with Crippen molar-refractivity contribution in [2.45, 2.75) is 24.8 Å². The maximum atomic E-state index is 12.9. The molecule has 0 radical (unpaired) electrons. The van der Waals surface area contributed by atoms with E-state index in [1.165, 1.54) is 24.3 Å². The van der Waals surface area contributed by atoms with Crippen LogP contribution in [-0.2, 0) is 10.0 Å². The molecule has 0 aromatic heterocycles. The molecule has 0 bridgehead atoms. The van der Waals surface area contributed by atoms with E-state index >= 15 is 0 Å². The number of benzene rings is 3. The van der Waals surface area contributed by atoms with Gasteiger partial charge >= 0.3 is 0 Å². The number of amides is 1. The number of halogens is 1. The van der Waals surface area contributed by atoms with Gasteiger partial charge in [0, 0.05) is 16.8 Å². The lowest BCUT2D eigenvalue weighted by Gasteiger charge is -2.16. The normalized spacial score (nSPS) is 12.1. The number of rotatable bonds is 8. The molecule has 0 aliphatic heterocycles. The molecule has 168 valence electrons. The zero-order valence-corrected chi connectivity index (χ0v) is 19.1. The van der Waals surface area contributed by atoms with Crippen molar-refractivity contribution in [3.63, 3.8) is 0 Å². The third-order valence-electron chi connectivity index (χ3n) is 4.65. The maximum absolute atomic E-state index is 12.9. The summed E-state index contributed by atoms with van der Waals surface area (Å²) >= 11 is 6.14. The largest absolute Gasteiger partial charge is 0.508 e. The van der Waals surface area contributed by atoms with Crippen molar-refractivity contribution in [3.8, 4) is 11.5 Å². The topological polar surface area (TPSA) is 105 Å². The molecule has 0 aliphatic rings. The van der Waals surface area contributed by atoms with Gasteiger partial charge in [0.1, 0.15) is 16.4 Å². The minimum absolute atomic E-state index is 0.0197. The Hall–Kier alpha value is -3.23. The zero-order chi connectivity index (χ0) is 23.3. The van der Waals surface area contributed by atoms with E-state index in [1.54, 1.807) is 49.4 Å². The first-order valence-electron chi connectivity index (χ1n) is 9.85. The van der Waals surface area contributed by atoms with Crippen LogP contribution >= 0.6 is 11.6 Å². The van der Waals surface area contributed by atoms with Crippen LogP contribution in [0, 0.1) is 0 Å². The van der Waals surface area contributed by atoms with E-state index in [1.807, 2.05) is 6.92 Å². The predicted molar refractivity (Wildman–Crippen MR) is 124 cm³/mol. The van der Waals surface area contributed by atoms with Gasteiger partial charge < -0.3 is 15.2 Å². The van der Waals surface area contributed by atoms with Crippen molar-refractivity contribution in [2.24, 2.45) is 0 Å². The van der Waals surface area contributed by atoms with Gasteiger partial charge in [-0.1, -0.05) is 29.8 Å². The number of phenolic OH excluding ortho intramolecular Hbond substituents is 1. The molecule has 0 saturated heterocycles. The molecule has 7 nitrogen and oxygen atoms in total. The average molecular weight is 475 g/mol. The summed E-state index contributed by atoms with van der Waals surface area (Å²) in [6.07, 6.45) is 0. The van der Waals surface area contributed by atoms with Gasteiger partial charge in [0.05, 0.1) is 17.7 Å². The standard InChI is InChI=1S/C23H23ClN2O5S/c1-3-31-18-11-9-17(10-12-18)26-32(29,30)22-14-16(8-13-20(22)24)23(28)25-15(2)19-6-4-5-7-21(19)27/h4-15,26-27H,3H2,1-2H3,(H,25,28)/t15-/m0/s1. The average Bonchev–Trinajstić information content (AvgIpc) is 2.75. The van der Waals surface area contributed by atoms with E-state index in [0.29, 0.717) is 23.6 Å². The van der Waals surface area contributed by atoms with Crippen LogP contribution in [-0.4, -0.2) is 26.0 Å². The van der Waals surface area contributed by atoms with Gasteiger partial charge in [-0.3, -0.25) is 9.52 Å². The number of anilines is 1. The number of phenols is 1. The van der Waals surface area contributed by atoms with Crippen LogP contribution < -0.4 is 14.8 Å². The second-order valence-corrected chi connectivity index (χ2v) is 9.02.